The van der Waals surface area contributed by atoms with E-state index in [1.165, 1.54) is 30.7 Å². The van der Waals surface area contributed by atoms with E-state index in [9.17, 15) is 0 Å². The molecule has 0 amide bonds. The largest absolute Gasteiger partial charge is 0.269 e. The fourth-order valence-electron chi connectivity index (χ4n) is 2.11. The van der Waals surface area contributed by atoms with Crippen LogP contribution in [0.15, 0.2) is 6.07 Å². The highest BCUT2D eigenvalue weighted by atomic mass is 15.3. The van der Waals surface area contributed by atoms with Crippen molar-refractivity contribution in [2.45, 2.75) is 53.0 Å². The van der Waals surface area contributed by atoms with Crippen LogP contribution in [0.4, 0.5) is 0 Å². The van der Waals surface area contributed by atoms with Gasteiger partial charge in [0.1, 0.15) is 0 Å². The number of fused-ring (bicyclic) bond motifs is 1. The van der Waals surface area contributed by atoms with E-state index >= 15 is 0 Å². The fourth-order valence-corrected chi connectivity index (χ4v) is 2.11. The number of aryl methyl sites for hydroxylation is 2. The van der Waals surface area contributed by atoms with Gasteiger partial charge in [-0.15, -0.1) is 0 Å². The lowest BCUT2D eigenvalue weighted by atomic mass is 9.90. The van der Waals surface area contributed by atoms with Crippen LogP contribution in [0.1, 0.15) is 45.0 Å². The van der Waals surface area contributed by atoms with Crippen molar-refractivity contribution >= 4 is 0 Å². The zero-order valence-corrected chi connectivity index (χ0v) is 9.51. The molecule has 0 saturated heterocycles. The van der Waals surface area contributed by atoms with Gasteiger partial charge in [-0.25, -0.2) is 0 Å². The van der Waals surface area contributed by atoms with Gasteiger partial charge in [-0.3, -0.25) is 4.68 Å². The van der Waals surface area contributed by atoms with Crippen molar-refractivity contribution in [2.24, 2.45) is 5.41 Å². The summed E-state index contributed by atoms with van der Waals surface area (Å²) < 4.78 is 2.20. The number of rotatable bonds is 1. The summed E-state index contributed by atoms with van der Waals surface area (Å²) in [5.74, 6) is 0. The summed E-state index contributed by atoms with van der Waals surface area (Å²) in [6, 6.07) is 2.30. The first-order valence-electron chi connectivity index (χ1n) is 5.60. The number of hydrogen-bond donors (Lipinski definition) is 0. The van der Waals surface area contributed by atoms with Gasteiger partial charge in [0, 0.05) is 12.2 Å². The lowest BCUT2D eigenvalue weighted by Gasteiger charge is -2.15. The molecular formula is C12H20N2. The van der Waals surface area contributed by atoms with Gasteiger partial charge in [-0.05, 0) is 37.2 Å². The Morgan fingerprint density at radius 2 is 2.14 bits per heavy atom. The molecule has 0 aliphatic carbocycles. The zero-order chi connectivity index (χ0) is 10.2. The molecule has 0 aromatic carbocycles. The van der Waals surface area contributed by atoms with Crippen LogP contribution in [0.3, 0.4) is 0 Å². The molecule has 0 unspecified atom stereocenters. The molecule has 1 aliphatic heterocycles. The normalized spacial score (nSPS) is 16.8. The van der Waals surface area contributed by atoms with E-state index in [0.717, 1.165) is 13.0 Å². The summed E-state index contributed by atoms with van der Waals surface area (Å²) in [7, 11) is 0. The van der Waals surface area contributed by atoms with Gasteiger partial charge in [0.25, 0.3) is 0 Å². The van der Waals surface area contributed by atoms with Gasteiger partial charge < -0.3 is 0 Å². The Morgan fingerprint density at radius 3 is 2.79 bits per heavy atom. The van der Waals surface area contributed by atoms with Crippen molar-refractivity contribution in [3.05, 3.63) is 17.5 Å². The van der Waals surface area contributed by atoms with E-state index in [1.54, 1.807) is 0 Å². The van der Waals surface area contributed by atoms with Crippen LogP contribution in [0.2, 0.25) is 0 Å². The first-order chi connectivity index (χ1) is 6.54. The Morgan fingerprint density at radius 1 is 1.36 bits per heavy atom. The highest BCUT2D eigenvalue weighted by Gasteiger charge is 2.17. The molecule has 2 nitrogen and oxygen atoms in total. The molecule has 0 radical (unpaired) electrons. The van der Waals surface area contributed by atoms with Gasteiger partial charge in [0.05, 0.1) is 5.69 Å². The van der Waals surface area contributed by atoms with Crippen molar-refractivity contribution < 1.29 is 0 Å². The second-order valence-corrected chi connectivity index (χ2v) is 5.54. The van der Waals surface area contributed by atoms with E-state index in [1.807, 2.05) is 0 Å². The SMILES string of the molecule is CC(C)(C)Cc1cc2n(n1)CCCC2. The quantitative estimate of drug-likeness (QED) is 0.669. The third-order valence-electron chi connectivity index (χ3n) is 2.68. The minimum absolute atomic E-state index is 0.352. The predicted octanol–water partition coefficient (Wildman–Crippen LogP) is 2.81. The van der Waals surface area contributed by atoms with Crippen molar-refractivity contribution in [3.63, 3.8) is 0 Å². The molecule has 0 atom stereocenters. The summed E-state index contributed by atoms with van der Waals surface area (Å²) in [4.78, 5) is 0. The van der Waals surface area contributed by atoms with E-state index in [0.29, 0.717) is 5.41 Å². The third kappa shape index (κ3) is 2.17. The van der Waals surface area contributed by atoms with Gasteiger partial charge in [0.2, 0.25) is 0 Å². The molecule has 0 N–H and O–H groups in total. The summed E-state index contributed by atoms with van der Waals surface area (Å²) in [5, 5.41) is 4.65. The Labute approximate surface area is 86.3 Å². The van der Waals surface area contributed by atoms with Gasteiger partial charge in [0.15, 0.2) is 0 Å². The third-order valence-corrected chi connectivity index (χ3v) is 2.68. The van der Waals surface area contributed by atoms with E-state index in [-0.39, 0.29) is 0 Å². The van der Waals surface area contributed by atoms with Crippen LogP contribution in [-0.2, 0) is 19.4 Å². The molecular weight excluding hydrogens is 172 g/mol. The average Bonchev–Trinajstić information content (AvgIpc) is 2.42. The molecule has 1 aliphatic rings. The lowest BCUT2D eigenvalue weighted by molar-refractivity contribution is 0.401. The summed E-state index contributed by atoms with van der Waals surface area (Å²) in [5.41, 5.74) is 3.06. The average molecular weight is 192 g/mol. The number of aromatic nitrogens is 2. The molecule has 2 heteroatoms. The smallest absolute Gasteiger partial charge is 0.0632 e. The monoisotopic (exact) mass is 192 g/mol. The molecule has 0 fully saturated rings. The van der Waals surface area contributed by atoms with Crippen LogP contribution in [0.5, 0.6) is 0 Å². The second-order valence-electron chi connectivity index (χ2n) is 5.54. The number of nitrogens with zero attached hydrogens (tertiary/aromatic N) is 2. The first-order valence-corrected chi connectivity index (χ1v) is 5.60. The van der Waals surface area contributed by atoms with Crippen molar-refractivity contribution in [1.82, 2.24) is 9.78 Å². The molecule has 1 aromatic rings. The minimum Gasteiger partial charge on any atom is -0.269 e. The van der Waals surface area contributed by atoms with Crippen molar-refractivity contribution in [2.75, 3.05) is 0 Å². The highest BCUT2D eigenvalue weighted by molar-refractivity contribution is 5.13. The van der Waals surface area contributed by atoms with Crippen LogP contribution in [-0.4, -0.2) is 9.78 Å². The van der Waals surface area contributed by atoms with E-state index < -0.39 is 0 Å². The van der Waals surface area contributed by atoms with Gasteiger partial charge >= 0.3 is 0 Å². The Bertz CT molecular complexity index is 294. The molecule has 0 bridgehead atoms. The Balaban J connectivity index is 2.16. The maximum atomic E-state index is 4.65. The number of hydrogen-bond acceptors (Lipinski definition) is 1. The summed E-state index contributed by atoms with van der Waals surface area (Å²) in [6.45, 7) is 7.93. The van der Waals surface area contributed by atoms with Crippen LogP contribution in [0.25, 0.3) is 0 Å². The molecule has 0 spiro atoms. The Hall–Kier alpha value is -0.790. The topological polar surface area (TPSA) is 17.8 Å². The molecule has 2 heterocycles. The van der Waals surface area contributed by atoms with E-state index in [2.05, 4.69) is 36.6 Å². The lowest BCUT2D eigenvalue weighted by Crippen LogP contribution is -2.12. The summed E-state index contributed by atoms with van der Waals surface area (Å²) >= 11 is 0. The van der Waals surface area contributed by atoms with Crippen molar-refractivity contribution in [3.8, 4) is 0 Å². The maximum Gasteiger partial charge on any atom is 0.0632 e. The second kappa shape index (κ2) is 3.41. The zero-order valence-electron chi connectivity index (χ0n) is 9.51. The van der Waals surface area contributed by atoms with Crippen LogP contribution in [0, 0.1) is 5.41 Å². The first kappa shape index (κ1) is 9.75. The molecule has 1 aromatic heterocycles. The molecule has 14 heavy (non-hydrogen) atoms. The summed E-state index contributed by atoms with van der Waals surface area (Å²) in [6.07, 6.45) is 4.94. The molecule has 2 rings (SSSR count). The van der Waals surface area contributed by atoms with Crippen LogP contribution < -0.4 is 0 Å². The predicted molar refractivity (Wildman–Crippen MR) is 58.3 cm³/mol. The molecule has 78 valence electrons. The molecule has 0 saturated carbocycles. The Kier molecular flexibility index (Phi) is 2.38. The maximum absolute atomic E-state index is 4.65. The van der Waals surface area contributed by atoms with Gasteiger partial charge in [-0.1, -0.05) is 20.8 Å². The fraction of sp³-hybridized carbons (Fsp3) is 0.750. The highest BCUT2D eigenvalue weighted by Crippen LogP contribution is 2.22. The van der Waals surface area contributed by atoms with E-state index in [4.69, 9.17) is 0 Å². The van der Waals surface area contributed by atoms with Crippen LogP contribution >= 0.6 is 0 Å². The van der Waals surface area contributed by atoms with Gasteiger partial charge in [-0.2, -0.15) is 5.10 Å². The minimum atomic E-state index is 0.352. The van der Waals surface area contributed by atoms with Crippen molar-refractivity contribution in [1.29, 1.82) is 0 Å². The standard InChI is InChI=1S/C12H20N2/c1-12(2,3)9-10-8-11-6-4-5-7-14(11)13-10/h8H,4-7,9H2,1-3H3.